The summed E-state index contributed by atoms with van der Waals surface area (Å²) in [6.07, 6.45) is 1.74. The number of hydrogen-bond donors (Lipinski definition) is 3. The first-order chi connectivity index (χ1) is 10.8. The monoisotopic (exact) mass is 355 g/mol. The Morgan fingerprint density at radius 1 is 1.39 bits per heavy atom. The van der Waals surface area contributed by atoms with Crippen LogP contribution in [0.1, 0.15) is 19.8 Å². The minimum atomic E-state index is -3.54. The lowest BCUT2D eigenvalue weighted by atomic mass is 10.3. The summed E-state index contributed by atoms with van der Waals surface area (Å²) >= 11 is 5.12. The van der Waals surface area contributed by atoms with Crippen LogP contribution in [-0.2, 0) is 10.0 Å². The molecule has 126 valence electrons. The molecule has 2 rings (SSSR count). The number of nitrogens with zero attached hydrogens (tertiary/aromatic N) is 1. The van der Waals surface area contributed by atoms with Crippen molar-refractivity contribution in [1.29, 1.82) is 0 Å². The third-order valence-electron chi connectivity index (χ3n) is 3.47. The number of anilines is 1. The number of phenols is 1. The number of rotatable bonds is 5. The summed E-state index contributed by atoms with van der Waals surface area (Å²) in [6, 6.07) is 4.16. The number of phenolic OH excluding ortho intramolecular Hbond substituents is 1. The predicted molar refractivity (Wildman–Crippen MR) is 95.1 cm³/mol. The van der Waals surface area contributed by atoms with Crippen LogP contribution in [0.5, 0.6) is 5.75 Å². The molecule has 0 aromatic heterocycles. The van der Waals surface area contributed by atoms with E-state index in [2.05, 4.69) is 17.2 Å². The van der Waals surface area contributed by atoms with Crippen molar-refractivity contribution in [2.24, 2.45) is 0 Å². The van der Waals surface area contributed by atoms with Gasteiger partial charge in [0, 0.05) is 19.6 Å². The van der Waals surface area contributed by atoms with E-state index in [1.807, 2.05) is 6.92 Å². The first kappa shape index (κ1) is 17.7. The molecule has 0 amide bonds. The zero-order valence-electron chi connectivity index (χ0n) is 13.0. The van der Waals surface area contributed by atoms with E-state index >= 15 is 0 Å². The quantitative estimate of drug-likeness (QED) is 0.426. The first-order valence-electron chi connectivity index (χ1n) is 7.33. The molecule has 1 aromatic rings. The number of aromatic hydroxyl groups is 1. The number of benzene rings is 1. The van der Waals surface area contributed by atoms with E-state index in [0.717, 1.165) is 18.4 Å². The standard InChI is InChI=1S/C15H21N3O3S2/c1-11(2)10-16-15(22)17-13-9-12(5-6-14(13)19)23(20,21)18-7-3-4-8-18/h5-6,9,19H,1,3-4,7-8,10H2,2H3,(H2,16,17,22). The van der Waals surface area contributed by atoms with Crippen molar-refractivity contribution in [3.63, 3.8) is 0 Å². The highest BCUT2D eigenvalue weighted by molar-refractivity contribution is 7.89. The lowest BCUT2D eigenvalue weighted by Crippen LogP contribution is -2.30. The molecule has 0 radical (unpaired) electrons. The van der Waals surface area contributed by atoms with Gasteiger partial charge in [-0.25, -0.2) is 8.42 Å². The molecule has 3 N–H and O–H groups in total. The third kappa shape index (κ3) is 4.43. The van der Waals surface area contributed by atoms with Crippen LogP contribution in [0.2, 0.25) is 0 Å². The SMILES string of the molecule is C=C(C)CNC(=S)Nc1cc(S(=O)(=O)N2CCCC2)ccc1O. The van der Waals surface area contributed by atoms with Crippen LogP contribution in [0, 0.1) is 0 Å². The molecular formula is C15H21N3O3S2. The van der Waals surface area contributed by atoms with Gasteiger partial charge in [-0.05, 0) is 50.2 Å². The largest absolute Gasteiger partial charge is 0.506 e. The second-order valence-electron chi connectivity index (χ2n) is 5.55. The van der Waals surface area contributed by atoms with Crippen molar-refractivity contribution in [3.05, 3.63) is 30.4 Å². The number of sulfonamides is 1. The molecule has 1 saturated heterocycles. The van der Waals surface area contributed by atoms with E-state index in [1.165, 1.54) is 22.5 Å². The second-order valence-corrected chi connectivity index (χ2v) is 7.90. The van der Waals surface area contributed by atoms with Gasteiger partial charge in [-0.3, -0.25) is 0 Å². The smallest absolute Gasteiger partial charge is 0.243 e. The molecule has 0 unspecified atom stereocenters. The highest BCUT2D eigenvalue weighted by Gasteiger charge is 2.27. The maximum absolute atomic E-state index is 12.6. The van der Waals surface area contributed by atoms with Crippen molar-refractivity contribution in [2.75, 3.05) is 25.0 Å². The van der Waals surface area contributed by atoms with Gasteiger partial charge in [0.1, 0.15) is 5.75 Å². The summed E-state index contributed by atoms with van der Waals surface area (Å²) in [7, 11) is -3.54. The summed E-state index contributed by atoms with van der Waals surface area (Å²) in [6.45, 7) is 7.18. The van der Waals surface area contributed by atoms with Crippen LogP contribution in [0.4, 0.5) is 5.69 Å². The van der Waals surface area contributed by atoms with Gasteiger partial charge in [0.2, 0.25) is 10.0 Å². The molecule has 1 aliphatic heterocycles. The fourth-order valence-electron chi connectivity index (χ4n) is 2.25. The van der Waals surface area contributed by atoms with Crippen LogP contribution in [0.25, 0.3) is 0 Å². The lowest BCUT2D eigenvalue weighted by molar-refractivity contribution is 0.473. The van der Waals surface area contributed by atoms with Crippen LogP contribution >= 0.6 is 12.2 Å². The van der Waals surface area contributed by atoms with Gasteiger partial charge in [-0.15, -0.1) is 0 Å². The van der Waals surface area contributed by atoms with E-state index in [1.54, 1.807) is 0 Å². The average Bonchev–Trinajstić information content (AvgIpc) is 3.02. The topological polar surface area (TPSA) is 81.7 Å². The van der Waals surface area contributed by atoms with Gasteiger partial charge in [0.05, 0.1) is 10.6 Å². The van der Waals surface area contributed by atoms with Crippen molar-refractivity contribution in [2.45, 2.75) is 24.7 Å². The summed E-state index contributed by atoms with van der Waals surface area (Å²) < 4.78 is 26.6. The molecule has 0 bridgehead atoms. The zero-order valence-corrected chi connectivity index (χ0v) is 14.6. The Kier molecular flexibility index (Phi) is 5.61. The summed E-state index contributed by atoms with van der Waals surface area (Å²) in [5, 5.41) is 15.9. The second kappa shape index (κ2) is 7.29. The zero-order chi connectivity index (χ0) is 17.0. The maximum atomic E-state index is 12.6. The molecule has 1 aromatic carbocycles. The van der Waals surface area contributed by atoms with Crippen molar-refractivity contribution < 1.29 is 13.5 Å². The minimum absolute atomic E-state index is 0.0650. The average molecular weight is 355 g/mol. The predicted octanol–water partition coefficient (Wildman–Crippen LogP) is 2.04. The van der Waals surface area contributed by atoms with E-state index in [-0.39, 0.29) is 16.3 Å². The Bertz CT molecular complexity index is 711. The van der Waals surface area contributed by atoms with Gasteiger partial charge >= 0.3 is 0 Å². The molecule has 0 spiro atoms. The summed E-state index contributed by atoms with van der Waals surface area (Å²) in [5.74, 6) is -0.0650. The van der Waals surface area contributed by atoms with Crippen molar-refractivity contribution in [1.82, 2.24) is 9.62 Å². The van der Waals surface area contributed by atoms with Gasteiger partial charge in [0.25, 0.3) is 0 Å². The molecule has 8 heteroatoms. The summed E-state index contributed by atoms with van der Waals surface area (Å²) in [5.41, 5.74) is 1.16. The fraction of sp³-hybridized carbons (Fsp3) is 0.400. The number of hydrogen-bond acceptors (Lipinski definition) is 4. The molecule has 1 fully saturated rings. The fourth-order valence-corrected chi connectivity index (χ4v) is 3.98. The molecule has 0 aliphatic carbocycles. The Balaban J connectivity index is 2.18. The van der Waals surface area contributed by atoms with Crippen LogP contribution in [0.15, 0.2) is 35.2 Å². The van der Waals surface area contributed by atoms with E-state index in [9.17, 15) is 13.5 Å². The lowest BCUT2D eigenvalue weighted by Gasteiger charge is -2.17. The van der Waals surface area contributed by atoms with Gasteiger partial charge in [0.15, 0.2) is 5.11 Å². The van der Waals surface area contributed by atoms with E-state index in [4.69, 9.17) is 12.2 Å². The Hall–Kier alpha value is -1.64. The summed E-state index contributed by atoms with van der Waals surface area (Å²) in [4.78, 5) is 0.141. The van der Waals surface area contributed by atoms with E-state index in [0.29, 0.717) is 24.7 Å². The van der Waals surface area contributed by atoms with Gasteiger partial charge < -0.3 is 15.7 Å². The van der Waals surface area contributed by atoms with Crippen LogP contribution in [0.3, 0.4) is 0 Å². The van der Waals surface area contributed by atoms with Crippen LogP contribution in [-0.4, -0.2) is 42.6 Å². The third-order valence-corrected chi connectivity index (χ3v) is 5.61. The van der Waals surface area contributed by atoms with E-state index < -0.39 is 10.0 Å². The molecule has 0 saturated carbocycles. The normalized spacial score (nSPS) is 15.3. The molecule has 23 heavy (non-hydrogen) atoms. The molecule has 0 atom stereocenters. The molecule has 1 aliphatic rings. The number of thiocarbonyl (C=S) groups is 1. The van der Waals surface area contributed by atoms with Crippen LogP contribution < -0.4 is 10.6 Å². The molecule has 6 nitrogen and oxygen atoms in total. The van der Waals surface area contributed by atoms with Crippen molar-refractivity contribution in [3.8, 4) is 5.75 Å². The van der Waals surface area contributed by atoms with Crippen molar-refractivity contribution >= 4 is 33.0 Å². The van der Waals surface area contributed by atoms with Gasteiger partial charge in [-0.1, -0.05) is 12.2 Å². The number of nitrogens with one attached hydrogen (secondary N) is 2. The van der Waals surface area contributed by atoms with Gasteiger partial charge in [-0.2, -0.15) is 4.31 Å². The Morgan fingerprint density at radius 3 is 2.65 bits per heavy atom. The maximum Gasteiger partial charge on any atom is 0.243 e. The highest BCUT2D eigenvalue weighted by Crippen LogP contribution is 2.29. The molecular weight excluding hydrogens is 334 g/mol. The molecule has 1 heterocycles. The highest BCUT2D eigenvalue weighted by atomic mass is 32.2. The Morgan fingerprint density at radius 2 is 2.04 bits per heavy atom. The first-order valence-corrected chi connectivity index (χ1v) is 9.18. The minimum Gasteiger partial charge on any atom is -0.506 e. The Labute approximate surface area is 142 Å².